The lowest BCUT2D eigenvalue weighted by atomic mass is 9.77. The average molecular weight is 573 g/mol. The van der Waals surface area contributed by atoms with Crippen LogP contribution in [0.4, 0.5) is 0 Å². The molecular formula is C44H28O. The lowest BCUT2D eigenvalue weighted by molar-refractivity contribution is 0.377. The van der Waals surface area contributed by atoms with E-state index < -0.39 is 0 Å². The fourth-order valence-electron chi connectivity index (χ4n) is 8.08. The largest absolute Gasteiger partial charge is 0.460 e. The summed E-state index contributed by atoms with van der Waals surface area (Å²) >= 11 is 0. The zero-order valence-corrected chi connectivity index (χ0v) is 24.6. The summed E-state index contributed by atoms with van der Waals surface area (Å²) in [6.45, 7) is 0. The Morgan fingerprint density at radius 2 is 1.07 bits per heavy atom. The van der Waals surface area contributed by atoms with Crippen LogP contribution in [-0.2, 0) is 0 Å². The first-order valence-corrected chi connectivity index (χ1v) is 15.8. The molecule has 1 heterocycles. The molecule has 0 amide bonds. The van der Waals surface area contributed by atoms with Crippen molar-refractivity contribution in [2.75, 3.05) is 0 Å². The second-order valence-corrected chi connectivity index (χ2v) is 12.4. The summed E-state index contributed by atoms with van der Waals surface area (Å²) in [7, 11) is 0. The molecule has 1 heteroatoms. The fourth-order valence-corrected chi connectivity index (χ4v) is 8.08. The monoisotopic (exact) mass is 572 g/mol. The van der Waals surface area contributed by atoms with Gasteiger partial charge in [-0.1, -0.05) is 140 Å². The van der Waals surface area contributed by atoms with Crippen LogP contribution in [-0.4, -0.2) is 0 Å². The van der Waals surface area contributed by atoms with Crippen LogP contribution in [0.25, 0.3) is 70.6 Å². The summed E-state index contributed by atoms with van der Waals surface area (Å²) in [5.41, 5.74) is 6.60. The van der Waals surface area contributed by atoms with Crippen LogP contribution in [0.5, 0.6) is 5.75 Å². The summed E-state index contributed by atoms with van der Waals surface area (Å²) in [5.74, 6) is 2.16. The maximum atomic E-state index is 6.59. The molecule has 1 aliphatic heterocycles. The third-order valence-corrected chi connectivity index (χ3v) is 10.00. The first kappa shape index (κ1) is 24.7. The average Bonchev–Trinajstić information content (AvgIpc) is 3.11. The number of fused-ring (bicyclic) bond motifs is 8. The van der Waals surface area contributed by atoms with Crippen molar-refractivity contribution in [3.05, 3.63) is 169 Å². The molecule has 1 aliphatic carbocycles. The maximum absolute atomic E-state index is 6.59. The van der Waals surface area contributed by atoms with E-state index in [9.17, 15) is 0 Å². The number of ether oxygens (including phenoxy) is 1. The molecule has 10 rings (SSSR count). The van der Waals surface area contributed by atoms with E-state index in [0.29, 0.717) is 0 Å². The number of hydrogen-bond donors (Lipinski definition) is 0. The molecule has 1 unspecified atom stereocenters. The van der Waals surface area contributed by atoms with Crippen molar-refractivity contribution in [2.24, 2.45) is 0 Å². The SMILES string of the molecule is C1=C(c2c3ccc4ccccc4c3c(-c3ccccc3)c3ccc4ccccc4c23)CC2C(=C1)Oc1cccc3cccc2c13. The van der Waals surface area contributed by atoms with Gasteiger partial charge >= 0.3 is 0 Å². The molecule has 2 aliphatic rings. The van der Waals surface area contributed by atoms with Crippen molar-refractivity contribution in [3.8, 4) is 16.9 Å². The van der Waals surface area contributed by atoms with Crippen molar-refractivity contribution in [2.45, 2.75) is 12.3 Å². The first-order valence-electron chi connectivity index (χ1n) is 15.8. The molecule has 1 nitrogen and oxygen atoms in total. The molecule has 0 radical (unpaired) electrons. The lowest BCUT2D eigenvalue weighted by Gasteiger charge is -2.32. The van der Waals surface area contributed by atoms with Gasteiger partial charge in [0.1, 0.15) is 11.5 Å². The standard InChI is InChI=1S/C44H28O/c1-2-12-30(13-3-1)41-35-23-20-28-11-5-7-17-33(28)44(35)42(36-24-21-27-10-4-6-16-32(27)43(36)41)31-22-25-38-37(26-31)34-18-8-14-29-15-9-19-39(45-38)40(29)34/h1-25,37H,26H2. The Bertz CT molecular complexity index is 2580. The predicted molar refractivity (Wildman–Crippen MR) is 190 cm³/mol. The van der Waals surface area contributed by atoms with E-state index in [0.717, 1.165) is 17.9 Å². The van der Waals surface area contributed by atoms with Gasteiger partial charge in [0.05, 0.1) is 0 Å². The molecular weight excluding hydrogens is 544 g/mol. The van der Waals surface area contributed by atoms with Gasteiger partial charge in [0.2, 0.25) is 0 Å². The van der Waals surface area contributed by atoms with Crippen LogP contribution >= 0.6 is 0 Å². The predicted octanol–water partition coefficient (Wildman–Crippen LogP) is 12.0. The number of benzene rings is 8. The first-order chi connectivity index (χ1) is 22.3. The lowest BCUT2D eigenvalue weighted by Crippen LogP contribution is -2.17. The van der Waals surface area contributed by atoms with E-state index in [-0.39, 0.29) is 5.92 Å². The smallest absolute Gasteiger partial charge is 0.135 e. The van der Waals surface area contributed by atoms with Crippen LogP contribution in [0.15, 0.2) is 157 Å². The highest BCUT2D eigenvalue weighted by molar-refractivity contribution is 6.30. The normalized spacial score (nSPS) is 15.7. The van der Waals surface area contributed by atoms with Crippen molar-refractivity contribution >= 4 is 59.4 Å². The van der Waals surface area contributed by atoms with E-state index in [4.69, 9.17) is 4.74 Å². The van der Waals surface area contributed by atoms with Crippen LogP contribution in [0.1, 0.15) is 23.5 Å². The van der Waals surface area contributed by atoms with E-state index in [1.807, 2.05) is 0 Å². The maximum Gasteiger partial charge on any atom is 0.135 e. The van der Waals surface area contributed by atoms with Gasteiger partial charge in [-0.15, -0.1) is 0 Å². The third kappa shape index (κ3) is 3.56. The van der Waals surface area contributed by atoms with Crippen molar-refractivity contribution in [3.63, 3.8) is 0 Å². The summed E-state index contributed by atoms with van der Waals surface area (Å²) in [5, 5.41) is 12.8. The topological polar surface area (TPSA) is 9.23 Å². The molecule has 210 valence electrons. The summed E-state index contributed by atoms with van der Waals surface area (Å²) in [6.07, 6.45) is 5.44. The molecule has 0 bridgehead atoms. The second-order valence-electron chi connectivity index (χ2n) is 12.4. The zero-order chi connectivity index (χ0) is 29.5. The van der Waals surface area contributed by atoms with E-state index >= 15 is 0 Å². The summed E-state index contributed by atoms with van der Waals surface area (Å²) in [4.78, 5) is 0. The highest BCUT2D eigenvalue weighted by Crippen LogP contribution is 2.52. The molecule has 0 saturated carbocycles. The second kappa shape index (κ2) is 9.42. The molecule has 8 aromatic carbocycles. The van der Waals surface area contributed by atoms with Crippen LogP contribution in [0.3, 0.4) is 0 Å². The van der Waals surface area contributed by atoms with Gasteiger partial charge in [-0.3, -0.25) is 0 Å². The van der Waals surface area contributed by atoms with E-state index in [1.54, 1.807) is 0 Å². The van der Waals surface area contributed by atoms with Crippen molar-refractivity contribution < 1.29 is 4.74 Å². The van der Waals surface area contributed by atoms with Crippen LogP contribution in [0.2, 0.25) is 0 Å². The van der Waals surface area contributed by atoms with Crippen molar-refractivity contribution in [1.29, 1.82) is 0 Å². The Morgan fingerprint density at radius 1 is 0.444 bits per heavy atom. The summed E-state index contributed by atoms with van der Waals surface area (Å²) in [6, 6.07) is 51.1. The quantitative estimate of drug-likeness (QED) is 0.148. The molecule has 0 saturated heterocycles. The van der Waals surface area contributed by atoms with Gasteiger partial charge in [0.15, 0.2) is 0 Å². The molecule has 8 aromatic rings. The van der Waals surface area contributed by atoms with Crippen molar-refractivity contribution in [1.82, 2.24) is 0 Å². The number of rotatable bonds is 2. The van der Waals surface area contributed by atoms with Gasteiger partial charge in [0.25, 0.3) is 0 Å². The van der Waals surface area contributed by atoms with E-state index in [1.165, 1.54) is 81.7 Å². The third-order valence-electron chi connectivity index (χ3n) is 10.00. The number of allylic oxidation sites excluding steroid dienone is 4. The number of hydrogen-bond acceptors (Lipinski definition) is 1. The molecule has 0 spiro atoms. The molecule has 0 fully saturated rings. The Kier molecular flexibility index (Phi) is 5.18. The minimum atomic E-state index is 0.165. The van der Waals surface area contributed by atoms with Gasteiger partial charge in [-0.05, 0) is 94.9 Å². The zero-order valence-electron chi connectivity index (χ0n) is 24.6. The highest BCUT2D eigenvalue weighted by atomic mass is 16.5. The Balaban J connectivity index is 1.35. The summed E-state index contributed by atoms with van der Waals surface area (Å²) < 4.78 is 6.59. The minimum absolute atomic E-state index is 0.165. The molecule has 45 heavy (non-hydrogen) atoms. The molecule has 0 N–H and O–H groups in total. The van der Waals surface area contributed by atoms with Gasteiger partial charge < -0.3 is 4.74 Å². The highest BCUT2D eigenvalue weighted by Gasteiger charge is 2.32. The molecule has 1 atom stereocenters. The van der Waals surface area contributed by atoms with Crippen LogP contribution < -0.4 is 4.74 Å². The van der Waals surface area contributed by atoms with Gasteiger partial charge in [-0.25, -0.2) is 0 Å². The fraction of sp³-hybridized carbons (Fsp3) is 0.0455. The minimum Gasteiger partial charge on any atom is -0.460 e. The Morgan fingerprint density at radius 3 is 1.82 bits per heavy atom. The van der Waals surface area contributed by atoms with Crippen LogP contribution in [0, 0.1) is 0 Å². The Labute approximate surface area is 261 Å². The van der Waals surface area contributed by atoms with E-state index in [2.05, 4.69) is 152 Å². The molecule has 0 aromatic heterocycles. The van der Waals surface area contributed by atoms with Gasteiger partial charge in [-0.2, -0.15) is 0 Å². The van der Waals surface area contributed by atoms with Gasteiger partial charge in [0, 0.05) is 11.3 Å². The Hall–Kier alpha value is -5.66.